The van der Waals surface area contributed by atoms with Crippen LogP contribution >= 0.6 is 11.3 Å². The lowest BCUT2D eigenvalue weighted by Gasteiger charge is -2.26. The summed E-state index contributed by atoms with van der Waals surface area (Å²) in [4.78, 5) is 28.1. The van der Waals surface area contributed by atoms with Crippen LogP contribution in [0, 0.1) is 23.0 Å². The molecular weight excluding hydrogens is 472 g/mol. The minimum Gasteiger partial charge on any atom is -0.378 e. The van der Waals surface area contributed by atoms with E-state index in [4.69, 9.17) is 4.74 Å². The standard InChI is InChI=1S/C26H23F2N3O3S/c1-16(2)18-5-3-17(4-6-18)13-23-25(33)31(22-8-7-19(27)14-21(22)28)26(35-23)20(15-29)24(32)30-9-11-34-12-10-30/h3-8,13-14,16H,9-12H2,1-2H3/b23-13-,26-20-. The SMILES string of the molecule is CC(C)c1ccc(/C=c2\s/c(=C(/C#N)C(=O)N3CCOCC3)n(-c3ccc(F)cc3F)c2=O)cc1. The minimum absolute atomic E-state index is 0.00968. The fraction of sp³-hybridized carbons (Fsp3) is 0.269. The van der Waals surface area contributed by atoms with Gasteiger partial charge in [0.1, 0.15) is 22.4 Å². The van der Waals surface area contributed by atoms with Gasteiger partial charge in [-0.1, -0.05) is 38.1 Å². The van der Waals surface area contributed by atoms with Gasteiger partial charge in [0.25, 0.3) is 11.5 Å². The van der Waals surface area contributed by atoms with Gasteiger partial charge in [-0.3, -0.25) is 14.2 Å². The molecule has 1 aromatic heterocycles. The van der Waals surface area contributed by atoms with E-state index in [2.05, 4.69) is 13.8 Å². The molecule has 180 valence electrons. The van der Waals surface area contributed by atoms with E-state index in [1.54, 1.807) is 6.08 Å². The van der Waals surface area contributed by atoms with Crippen LogP contribution in [-0.2, 0) is 9.53 Å². The Labute approximate surface area is 204 Å². The first-order chi connectivity index (χ1) is 16.8. The smallest absolute Gasteiger partial charge is 0.273 e. The van der Waals surface area contributed by atoms with Crippen molar-refractivity contribution in [1.29, 1.82) is 5.26 Å². The third-order valence-corrected chi connectivity index (χ3v) is 6.81. The molecule has 0 saturated carbocycles. The zero-order valence-electron chi connectivity index (χ0n) is 19.3. The number of halogens is 2. The summed E-state index contributed by atoms with van der Waals surface area (Å²) in [5.41, 5.74) is 0.749. The number of nitriles is 1. The maximum absolute atomic E-state index is 14.8. The molecule has 1 saturated heterocycles. The van der Waals surface area contributed by atoms with Crippen molar-refractivity contribution in [3.05, 3.63) is 84.8 Å². The lowest BCUT2D eigenvalue weighted by molar-refractivity contribution is -0.128. The van der Waals surface area contributed by atoms with Gasteiger partial charge in [-0.05, 0) is 35.3 Å². The number of ether oxygens (including phenoxy) is 1. The molecule has 0 aliphatic carbocycles. The molecule has 4 rings (SSSR count). The Bertz CT molecular complexity index is 1480. The first-order valence-electron chi connectivity index (χ1n) is 11.1. The lowest BCUT2D eigenvalue weighted by atomic mass is 10.0. The van der Waals surface area contributed by atoms with Gasteiger partial charge < -0.3 is 9.64 Å². The van der Waals surface area contributed by atoms with E-state index in [1.807, 2.05) is 30.3 Å². The van der Waals surface area contributed by atoms with E-state index in [9.17, 15) is 23.6 Å². The Kier molecular flexibility index (Phi) is 7.24. The van der Waals surface area contributed by atoms with E-state index in [1.165, 1.54) is 4.90 Å². The van der Waals surface area contributed by atoms with E-state index >= 15 is 0 Å². The monoisotopic (exact) mass is 495 g/mol. The van der Waals surface area contributed by atoms with Gasteiger partial charge in [0, 0.05) is 19.2 Å². The van der Waals surface area contributed by atoms with Crippen molar-refractivity contribution in [2.45, 2.75) is 19.8 Å². The van der Waals surface area contributed by atoms with Crippen molar-refractivity contribution in [2.75, 3.05) is 26.3 Å². The van der Waals surface area contributed by atoms with Crippen LogP contribution in [0.4, 0.5) is 8.78 Å². The van der Waals surface area contributed by atoms with Crippen LogP contribution < -0.4 is 14.8 Å². The summed E-state index contributed by atoms with van der Waals surface area (Å²) < 4.78 is 34.8. The van der Waals surface area contributed by atoms with E-state index in [0.29, 0.717) is 38.3 Å². The molecule has 2 aromatic carbocycles. The molecular formula is C26H23F2N3O3S. The number of carbonyl (C=O) groups excluding carboxylic acids is 1. The molecule has 1 fully saturated rings. The van der Waals surface area contributed by atoms with Gasteiger partial charge in [0.15, 0.2) is 5.57 Å². The second-order valence-corrected chi connectivity index (χ2v) is 9.40. The molecule has 6 nitrogen and oxygen atoms in total. The van der Waals surface area contributed by atoms with E-state index in [-0.39, 0.29) is 20.5 Å². The Balaban J connectivity index is 1.97. The van der Waals surface area contributed by atoms with Gasteiger partial charge in [0.2, 0.25) is 0 Å². The Morgan fingerprint density at radius 2 is 1.83 bits per heavy atom. The van der Waals surface area contributed by atoms with Crippen molar-refractivity contribution >= 4 is 28.9 Å². The highest BCUT2D eigenvalue weighted by atomic mass is 32.1. The van der Waals surface area contributed by atoms with Crippen molar-refractivity contribution in [3.8, 4) is 11.8 Å². The largest absolute Gasteiger partial charge is 0.378 e. The normalized spacial score (nSPS) is 15.3. The van der Waals surface area contributed by atoms with Crippen molar-refractivity contribution in [2.24, 2.45) is 0 Å². The van der Waals surface area contributed by atoms with Crippen LogP contribution in [0.5, 0.6) is 0 Å². The number of hydrogen-bond acceptors (Lipinski definition) is 5. The average Bonchev–Trinajstić information content (AvgIpc) is 3.15. The summed E-state index contributed by atoms with van der Waals surface area (Å²) in [5, 5.41) is 9.90. The predicted octanol–water partition coefficient (Wildman–Crippen LogP) is 2.66. The molecule has 0 atom stereocenters. The van der Waals surface area contributed by atoms with Crippen LogP contribution in [0.15, 0.2) is 47.3 Å². The molecule has 35 heavy (non-hydrogen) atoms. The quantitative estimate of drug-likeness (QED) is 0.558. The molecule has 2 heterocycles. The highest BCUT2D eigenvalue weighted by Crippen LogP contribution is 2.16. The summed E-state index contributed by atoms with van der Waals surface area (Å²) in [5.74, 6) is -2.01. The first-order valence-corrected chi connectivity index (χ1v) is 11.9. The van der Waals surface area contributed by atoms with Crippen LogP contribution in [-0.4, -0.2) is 41.7 Å². The van der Waals surface area contributed by atoms with Crippen LogP contribution in [0.2, 0.25) is 0 Å². The Hall–Kier alpha value is -3.61. The lowest BCUT2D eigenvalue weighted by Crippen LogP contribution is -2.42. The highest BCUT2D eigenvalue weighted by Gasteiger charge is 2.24. The number of hydrogen-bond donors (Lipinski definition) is 0. The number of morpholine rings is 1. The number of aromatic nitrogens is 1. The molecule has 0 N–H and O–H groups in total. The maximum Gasteiger partial charge on any atom is 0.273 e. The Morgan fingerprint density at radius 3 is 2.43 bits per heavy atom. The molecule has 1 amide bonds. The first kappa shape index (κ1) is 24.5. The molecule has 0 unspecified atom stereocenters. The summed E-state index contributed by atoms with van der Waals surface area (Å²) in [6, 6.07) is 12.4. The molecule has 1 aliphatic rings. The predicted molar refractivity (Wildman–Crippen MR) is 130 cm³/mol. The number of benzene rings is 2. The second-order valence-electron chi connectivity index (χ2n) is 8.36. The number of carbonyl (C=O) groups is 1. The van der Waals surface area contributed by atoms with Gasteiger partial charge in [0.05, 0.1) is 23.4 Å². The summed E-state index contributed by atoms with van der Waals surface area (Å²) in [6.07, 6.45) is 1.63. The fourth-order valence-electron chi connectivity index (χ4n) is 3.77. The van der Waals surface area contributed by atoms with Gasteiger partial charge >= 0.3 is 0 Å². The summed E-state index contributed by atoms with van der Waals surface area (Å²) in [7, 11) is 0. The number of rotatable bonds is 4. The van der Waals surface area contributed by atoms with E-state index < -0.39 is 23.1 Å². The third kappa shape index (κ3) is 5.09. The van der Waals surface area contributed by atoms with Crippen molar-refractivity contribution < 1.29 is 18.3 Å². The second kappa shape index (κ2) is 10.3. The van der Waals surface area contributed by atoms with Crippen LogP contribution in [0.3, 0.4) is 0 Å². The molecule has 3 aromatic rings. The minimum atomic E-state index is -0.977. The number of nitrogens with zero attached hydrogens (tertiary/aromatic N) is 3. The van der Waals surface area contributed by atoms with Crippen molar-refractivity contribution in [3.63, 3.8) is 0 Å². The highest BCUT2D eigenvalue weighted by molar-refractivity contribution is 7.07. The average molecular weight is 496 g/mol. The molecule has 0 radical (unpaired) electrons. The third-order valence-electron chi connectivity index (χ3n) is 5.71. The zero-order valence-corrected chi connectivity index (χ0v) is 20.1. The molecule has 0 bridgehead atoms. The maximum atomic E-state index is 14.8. The van der Waals surface area contributed by atoms with E-state index in [0.717, 1.165) is 39.2 Å². The van der Waals surface area contributed by atoms with Crippen molar-refractivity contribution in [1.82, 2.24) is 9.47 Å². The number of thiazole rings is 1. The number of amides is 1. The topological polar surface area (TPSA) is 75.3 Å². The zero-order chi connectivity index (χ0) is 25.1. The van der Waals surface area contributed by atoms with Gasteiger partial charge in [-0.25, -0.2) is 8.78 Å². The summed E-state index contributed by atoms with van der Waals surface area (Å²) >= 11 is 0.920. The Morgan fingerprint density at radius 1 is 1.14 bits per heavy atom. The summed E-state index contributed by atoms with van der Waals surface area (Å²) in [6.45, 7) is 5.41. The van der Waals surface area contributed by atoms with Gasteiger partial charge in [-0.15, -0.1) is 11.3 Å². The fourth-order valence-corrected chi connectivity index (χ4v) is 4.86. The molecule has 9 heteroatoms. The van der Waals surface area contributed by atoms with Crippen LogP contribution in [0.25, 0.3) is 17.3 Å². The van der Waals surface area contributed by atoms with Crippen LogP contribution in [0.1, 0.15) is 30.9 Å². The van der Waals surface area contributed by atoms with Gasteiger partial charge in [-0.2, -0.15) is 5.26 Å². The molecule has 0 spiro atoms. The molecule has 1 aliphatic heterocycles.